The molecule has 0 aliphatic carbocycles. The van der Waals surface area contributed by atoms with Crippen LogP contribution in [-0.4, -0.2) is 46.1 Å². The Balaban J connectivity index is 1.36. The molecular weight excluding hydrogens is 380 g/mol. The Morgan fingerprint density at radius 2 is 1.80 bits per heavy atom. The number of rotatable bonds is 5. The second kappa shape index (κ2) is 8.00. The fraction of sp³-hybridized carbons (Fsp3) is 0.227. The van der Waals surface area contributed by atoms with Crippen LogP contribution < -0.4 is 10.2 Å². The molecule has 0 bridgehead atoms. The molecule has 1 saturated heterocycles. The van der Waals surface area contributed by atoms with Gasteiger partial charge in [0, 0.05) is 49.5 Å². The van der Waals surface area contributed by atoms with Gasteiger partial charge in [-0.1, -0.05) is 0 Å². The van der Waals surface area contributed by atoms with Gasteiger partial charge in [0.05, 0.1) is 18.9 Å². The molecule has 0 unspecified atom stereocenters. The zero-order valence-corrected chi connectivity index (χ0v) is 16.7. The molecule has 1 aliphatic rings. The summed E-state index contributed by atoms with van der Waals surface area (Å²) in [6.45, 7) is 3.40. The summed E-state index contributed by atoms with van der Waals surface area (Å²) in [6, 6.07) is 14.1. The molecular formula is C22H22N6O2. The van der Waals surface area contributed by atoms with Gasteiger partial charge in [0.2, 0.25) is 0 Å². The van der Waals surface area contributed by atoms with E-state index in [-0.39, 0.29) is 0 Å². The summed E-state index contributed by atoms with van der Waals surface area (Å²) in [5, 5.41) is 7.59. The van der Waals surface area contributed by atoms with Gasteiger partial charge in [-0.05, 0) is 42.5 Å². The molecule has 8 nitrogen and oxygen atoms in total. The zero-order chi connectivity index (χ0) is 20.3. The topological polar surface area (TPSA) is 81.2 Å². The van der Waals surface area contributed by atoms with Crippen molar-refractivity contribution >= 4 is 17.2 Å². The van der Waals surface area contributed by atoms with Gasteiger partial charge in [-0.3, -0.25) is 4.68 Å². The Labute approximate surface area is 174 Å². The lowest BCUT2D eigenvalue weighted by atomic mass is 10.1. The van der Waals surface area contributed by atoms with Crippen molar-refractivity contribution in [3.63, 3.8) is 0 Å². The maximum Gasteiger partial charge on any atom is 0.182 e. The minimum atomic E-state index is 0.687. The van der Waals surface area contributed by atoms with Crippen LogP contribution in [0.1, 0.15) is 0 Å². The van der Waals surface area contributed by atoms with E-state index >= 15 is 0 Å². The zero-order valence-electron chi connectivity index (χ0n) is 16.7. The Morgan fingerprint density at radius 1 is 0.967 bits per heavy atom. The molecule has 0 saturated carbocycles. The summed E-state index contributed by atoms with van der Waals surface area (Å²) in [4.78, 5) is 11.2. The predicted octanol–water partition coefficient (Wildman–Crippen LogP) is 3.72. The third kappa shape index (κ3) is 3.65. The lowest BCUT2D eigenvalue weighted by molar-refractivity contribution is 0.122. The fourth-order valence-corrected chi connectivity index (χ4v) is 3.60. The summed E-state index contributed by atoms with van der Waals surface area (Å²) < 4.78 is 12.9. The predicted molar refractivity (Wildman–Crippen MR) is 115 cm³/mol. The van der Waals surface area contributed by atoms with Crippen molar-refractivity contribution in [2.24, 2.45) is 7.05 Å². The molecule has 3 aromatic heterocycles. The molecule has 1 aromatic carbocycles. The summed E-state index contributed by atoms with van der Waals surface area (Å²) in [6.07, 6.45) is 4.96. The van der Waals surface area contributed by atoms with Crippen molar-refractivity contribution in [3.05, 3.63) is 61.3 Å². The van der Waals surface area contributed by atoms with Gasteiger partial charge in [-0.25, -0.2) is 9.97 Å². The molecule has 4 heterocycles. The molecule has 0 amide bonds. The number of aryl methyl sites for hydroxylation is 1. The molecule has 0 spiro atoms. The van der Waals surface area contributed by atoms with E-state index in [1.165, 1.54) is 12.1 Å². The van der Waals surface area contributed by atoms with Crippen LogP contribution in [0.4, 0.5) is 17.2 Å². The monoisotopic (exact) mass is 402 g/mol. The van der Waals surface area contributed by atoms with Crippen molar-refractivity contribution in [3.8, 4) is 22.7 Å². The highest BCUT2D eigenvalue weighted by Gasteiger charge is 2.16. The van der Waals surface area contributed by atoms with E-state index in [2.05, 4.69) is 49.5 Å². The SMILES string of the molecule is Cn1nccc1-c1ncoc1-c1ccnc(Nc2ccc(N3CCOCC3)cc2)c1. The highest BCUT2D eigenvalue weighted by atomic mass is 16.5. The second-order valence-corrected chi connectivity index (χ2v) is 7.07. The van der Waals surface area contributed by atoms with Crippen LogP contribution in [0, 0.1) is 0 Å². The molecule has 8 heteroatoms. The van der Waals surface area contributed by atoms with Crippen molar-refractivity contribution in [2.75, 3.05) is 36.5 Å². The van der Waals surface area contributed by atoms with Gasteiger partial charge in [-0.2, -0.15) is 5.10 Å². The van der Waals surface area contributed by atoms with E-state index in [0.29, 0.717) is 5.76 Å². The number of nitrogens with one attached hydrogen (secondary N) is 1. The minimum Gasteiger partial charge on any atom is -0.443 e. The van der Waals surface area contributed by atoms with Gasteiger partial charge in [0.1, 0.15) is 11.5 Å². The van der Waals surface area contributed by atoms with E-state index in [1.807, 2.05) is 25.2 Å². The van der Waals surface area contributed by atoms with Crippen LogP contribution in [0.15, 0.2) is 65.7 Å². The molecule has 4 aromatic rings. The Bertz CT molecular complexity index is 1130. The number of hydrogen-bond acceptors (Lipinski definition) is 7. The van der Waals surface area contributed by atoms with Crippen LogP contribution in [-0.2, 0) is 11.8 Å². The quantitative estimate of drug-likeness (QED) is 0.545. The number of benzene rings is 1. The van der Waals surface area contributed by atoms with Crippen LogP contribution in [0.2, 0.25) is 0 Å². The average Bonchev–Trinajstić information content (AvgIpc) is 3.44. The first-order valence-corrected chi connectivity index (χ1v) is 9.86. The van der Waals surface area contributed by atoms with Crippen LogP contribution in [0.3, 0.4) is 0 Å². The van der Waals surface area contributed by atoms with Crippen molar-refractivity contribution in [1.82, 2.24) is 19.7 Å². The first kappa shape index (κ1) is 18.4. The Morgan fingerprint density at radius 3 is 2.57 bits per heavy atom. The largest absolute Gasteiger partial charge is 0.443 e. The fourth-order valence-electron chi connectivity index (χ4n) is 3.60. The van der Waals surface area contributed by atoms with Gasteiger partial charge in [-0.15, -0.1) is 0 Å². The van der Waals surface area contributed by atoms with Crippen LogP contribution in [0.5, 0.6) is 0 Å². The van der Waals surface area contributed by atoms with Crippen LogP contribution in [0.25, 0.3) is 22.7 Å². The maximum atomic E-state index is 5.69. The first-order valence-electron chi connectivity index (χ1n) is 9.86. The summed E-state index contributed by atoms with van der Waals surface area (Å²) in [7, 11) is 1.88. The molecule has 5 rings (SSSR count). The number of anilines is 3. The van der Waals surface area contributed by atoms with E-state index < -0.39 is 0 Å². The van der Waals surface area contributed by atoms with Gasteiger partial charge in [0.25, 0.3) is 0 Å². The third-order valence-corrected chi connectivity index (χ3v) is 5.17. The normalized spacial score (nSPS) is 14.1. The van der Waals surface area contributed by atoms with Gasteiger partial charge in [0.15, 0.2) is 12.2 Å². The highest BCUT2D eigenvalue weighted by Crippen LogP contribution is 2.32. The van der Waals surface area contributed by atoms with E-state index in [0.717, 1.165) is 54.8 Å². The smallest absolute Gasteiger partial charge is 0.182 e. The van der Waals surface area contributed by atoms with Gasteiger partial charge < -0.3 is 19.4 Å². The second-order valence-electron chi connectivity index (χ2n) is 7.07. The summed E-state index contributed by atoms with van der Waals surface area (Å²) in [5.41, 5.74) is 4.71. The van der Waals surface area contributed by atoms with Crippen LogP contribution >= 0.6 is 0 Å². The highest BCUT2D eigenvalue weighted by molar-refractivity contribution is 5.76. The lowest BCUT2D eigenvalue weighted by Crippen LogP contribution is -2.36. The Kier molecular flexibility index (Phi) is 4.90. The van der Waals surface area contributed by atoms with E-state index in [4.69, 9.17) is 9.15 Å². The molecule has 1 fully saturated rings. The number of hydrogen-bond donors (Lipinski definition) is 1. The summed E-state index contributed by atoms with van der Waals surface area (Å²) >= 11 is 0. The molecule has 30 heavy (non-hydrogen) atoms. The van der Waals surface area contributed by atoms with E-state index in [1.54, 1.807) is 17.1 Å². The van der Waals surface area contributed by atoms with Gasteiger partial charge >= 0.3 is 0 Å². The number of morpholine rings is 1. The lowest BCUT2D eigenvalue weighted by Gasteiger charge is -2.28. The molecule has 1 aliphatic heterocycles. The molecule has 0 radical (unpaired) electrons. The van der Waals surface area contributed by atoms with Crippen molar-refractivity contribution in [2.45, 2.75) is 0 Å². The number of ether oxygens (including phenoxy) is 1. The number of pyridine rings is 1. The molecule has 152 valence electrons. The van der Waals surface area contributed by atoms with Crippen molar-refractivity contribution < 1.29 is 9.15 Å². The number of oxazole rings is 1. The third-order valence-electron chi connectivity index (χ3n) is 5.17. The number of nitrogens with zero attached hydrogens (tertiary/aromatic N) is 5. The molecule has 0 atom stereocenters. The maximum absolute atomic E-state index is 5.69. The standard InChI is InChI=1S/C22H22N6O2/c1-27-19(7-9-25-27)21-22(30-15-24-21)16-6-8-23-20(14-16)26-17-2-4-18(5-3-17)28-10-12-29-13-11-28/h2-9,14-15H,10-13H2,1H3,(H,23,26). The summed E-state index contributed by atoms with van der Waals surface area (Å²) in [5.74, 6) is 1.42. The first-order chi connectivity index (χ1) is 14.8. The molecule has 1 N–H and O–H groups in total. The Hall–Kier alpha value is -3.65. The minimum absolute atomic E-state index is 0.687. The van der Waals surface area contributed by atoms with Crippen molar-refractivity contribution in [1.29, 1.82) is 0 Å². The van der Waals surface area contributed by atoms with E-state index in [9.17, 15) is 0 Å². The average molecular weight is 402 g/mol. The number of aromatic nitrogens is 4.